The molecule has 0 aromatic carbocycles. The number of nitrogens with zero attached hydrogens (tertiary/aromatic N) is 5. The molecule has 10 heteroatoms. The Morgan fingerprint density at radius 1 is 1.32 bits per heavy atom. The van der Waals surface area contributed by atoms with E-state index in [0.717, 1.165) is 0 Å². The van der Waals surface area contributed by atoms with Crippen LogP contribution in [-0.4, -0.2) is 46.9 Å². The van der Waals surface area contributed by atoms with Crippen molar-refractivity contribution >= 4 is 10.0 Å². The molecule has 0 amide bonds. The molecule has 0 bridgehead atoms. The molecule has 0 saturated heterocycles. The quantitative estimate of drug-likeness (QED) is 0.748. The molecule has 2 N–H and O–H groups in total. The molecule has 0 aliphatic carbocycles. The number of methoxy groups -OCH3 is 1. The van der Waals surface area contributed by atoms with Crippen molar-refractivity contribution < 1.29 is 13.2 Å². The van der Waals surface area contributed by atoms with Crippen LogP contribution in [0.15, 0.2) is 23.9 Å². The maximum absolute atomic E-state index is 11.4. The first-order chi connectivity index (χ1) is 9.04. The Bertz CT molecular complexity index is 654. The van der Waals surface area contributed by atoms with Crippen molar-refractivity contribution in [3.63, 3.8) is 0 Å². The van der Waals surface area contributed by atoms with Crippen LogP contribution in [0.1, 0.15) is 0 Å². The molecule has 0 spiro atoms. The van der Waals surface area contributed by atoms with Crippen LogP contribution in [0.25, 0.3) is 11.4 Å². The van der Waals surface area contributed by atoms with Crippen LogP contribution in [-0.2, 0) is 21.3 Å². The molecule has 2 heterocycles. The van der Waals surface area contributed by atoms with Gasteiger partial charge < -0.3 is 4.74 Å². The monoisotopic (exact) mass is 284 g/mol. The molecule has 0 aliphatic heterocycles. The number of ether oxygens (including phenoxy) is 1. The van der Waals surface area contributed by atoms with E-state index < -0.39 is 10.0 Å². The topological polar surface area (TPSA) is 126 Å². The van der Waals surface area contributed by atoms with Crippen molar-refractivity contribution in [2.75, 3.05) is 13.7 Å². The number of nitrogens with two attached hydrogens (primary N) is 1. The minimum absolute atomic E-state index is 0.249. The van der Waals surface area contributed by atoms with Gasteiger partial charge in [-0.25, -0.2) is 23.5 Å². The fourth-order valence-corrected chi connectivity index (χ4v) is 2.15. The predicted octanol–water partition coefficient (Wildman–Crippen LogP) is -0.971. The normalized spacial score (nSPS) is 11.7. The molecule has 0 radical (unpaired) electrons. The summed E-state index contributed by atoms with van der Waals surface area (Å²) in [5.74, 6) is 0.321. The van der Waals surface area contributed by atoms with E-state index in [0.29, 0.717) is 18.0 Å². The van der Waals surface area contributed by atoms with Crippen molar-refractivity contribution in [1.82, 2.24) is 24.7 Å². The third-order valence-corrected chi connectivity index (χ3v) is 3.12. The van der Waals surface area contributed by atoms with Crippen molar-refractivity contribution in [1.29, 1.82) is 0 Å². The lowest BCUT2D eigenvalue weighted by Crippen LogP contribution is -2.20. The average Bonchev–Trinajstić information content (AvgIpc) is 2.81. The molecule has 0 fully saturated rings. The van der Waals surface area contributed by atoms with Crippen LogP contribution in [0.4, 0.5) is 0 Å². The van der Waals surface area contributed by atoms with Gasteiger partial charge in [0.15, 0.2) is 5.82 Å². The number of sulfonamides is 1. The Morgan fingerprint density at radius 2 is 2.00 bits per heavy atom. The van der Waals surface area contributed by atoms with Gasteiger partial charge in [0.2, 0.25) is 0 Å². The second-order valence-corrected chi connectivity index (χ2v) is 5.08. The maximum atomic E-state index is 11.4. The van der Waals surface area contributed by atoms with E-state index in [-0.39, 0.29) is 11.7 Å². The molecule has 0 aliphatic rings. The Hall–Kier alpha value is -1.91. The molecule has 19 heavy (non-hydrogen) atoms. The third-order valence-electron chi connectivity index (χ3n) is 2.31. The molecule has 0 saturated carbocycles. The number of rotatable bonds is 5. The van der Waals surface area contributed by atoms with Gasteiger partial charge in [0.05, 0.1) is 18.7 Å². The summed E-state index contributed by atoms with van der Waals surface area (Å²) in [5.41, 5.74) is 0.543. The summed E-state index contributed by atoms with van der Waals surface area (Å²) in [6.07, 6.45) is 4.38. The standard InChI is InChI=1S/C9H12N6O3S/c1-18-3-2-15-8(7-4-11-6-12-5-7)13-14-9(15)19(10,16)17/h4-6H,2-3H2,1H3,(H2,10,16,17). The van der Waals surface area contributed by atoms with Crippen molar-refractivity contribution in [3.05, 3.63) is 18.7 Å². The van der Waals surface area contributed by atoms with E-state index >= 15 is 0 Å². The SMILES string of the molecule is COCCn1c(-c2cncnc2)nnc1S(N)(=O)=O. The molecule has 0 unspecified atom stereocenters. The minimum atomic E-state index is -3.96. The molecule has 2 rings (SSSR count). The maximum Gasteiger partial charge on any atom is 0.273 e. The first kappa shape index (κ1) is 13.5. The van der Waals surface area contributed by atoms with Crippen LogP contribution in [0.2, 0.25) is 0 Å². The number of aromatic nitrogens is 5. The first-order valence-electron chi connectivity index (χ1n) is 5.24. The van der Waals surface area contributed by atoms with E-state index in [1.165, 1.54) is 30.4 Å². The van der Waals surface area contributed by atoms with E-state index in [2.05, 4.69) is 20.2 Å². The summed E-state index contributed by atoms with van der Waals surface area (Å²) in [6, 6.07) is 0. The smallest absolute Gasteiger partial charge is 0.273 e. The van der Waals surface area contributed by atoms with Crippen LogP contribution in [0.5, 0.6) is 0 Å². The Labute approximate surface area is 109 Å². The van der Waals surface area contributed by atoms with Gasteiger partial charge in [-0.2, -0.15) is 0 Å². The summed E-state index contributed by atoms with van der Waals surface area (Å²) in [6.45, 7) is 0.542. The summed E-state index contributed by atoms with van der Waals surface area (Å²) in [5, 5.41) is 12.2. The Kier molecular flexibility index (Phi) is 3.83. The third kappa shape index (κ3) is 2.92. The molecule has 102 valence electrons. The van der Waals surface area contributed by atoms with Crippen LogP contribution in [0, 0.1) is 0 Å². The average molecular weight is 284 g/mol. The number of primary sulfonamides is 1. The summed E-state index contributed by atoms with van der Waals surface area (Å²) < 4.78 is 29.2. The molecule has 0 atom stereocenters. The predicted molar refractivity (Wildman–Crippen MR) is 64.3 cm³/mol. The van der Waals surface area contributed by atoms with Gasteiger partial charge >= 0.3 is 0 Å². The van der Waals surface area contributed by atoms with Crippen molar-refractivity contribution in [2.24, 2.45) is 5.14 Å². The van der Waals surface area contributed by atoms with E-state index in [4.69, 9.17) is 9.88 Å². The molecular weight excluding hydrogens is 272 g/mol. The highest BCUT2D eigenvalue weighted by molar-refractivity contribution is 7.89. The molecule has 2 aromatic rings. The zero-order valence-electron chi connectivity index (χ0n) is 10.1. The molecule has 2 aromatic heterocycles. The van der Waals surface area contributed by atoms with E-state index in [1.54, 1.807) is 0 Å². The highest BCUT2D eigenvalue weighted by atomic mass is 32.2. The van der Waals surface area contributed by atoms with Gasteiger partial charge in [0.1, 0.15) is 6.33 Å². The zero-order valence-corrected chi connectivity index (χ0v) is 10.9. The van der Waals surface area contributed by atoms with Crippen molar-refractivity contribution in [2.45, 2.75) is 11.7 Å². The molecular formula is C9H12N6O3S. The van der Waals surface area contributed by atoms with Crippen molar-refractivity contribution in [3.8, 4) is 11.4 Å². The second-order valence-electron chi connectivity index (χ2n) is 3.62. The highest BCUT2D eigenvalue weighted by Crippen LogP contribution is 2.18. The Balaban J connectivity index is 2.53. The fraction of sp³-hybridized carbons (Fsp3) is 0.333. The first-order valence-corrected chi connectivity index (χ1v) is 6.79. The van der Waals surface area contributed by atoms with Gasteiger partial charge in [0, 0.05) is 19.5 Å². The number of hydrogen-bond donors (Lipinski definition) is 1. The van der Waals surface area contributed by atoms with Gasteiger partial charge in [-0.3, -0.25) is 4.57 Å². The lowest BCUT2D eigenvalue weighted by Gasteiger charge is -2.07. The highest BCUT2D eigenvalue weighted by Gasteiger charge is 2.21. The van der Waals surface area contributed by atoms with Crippen LogP contribution in [0.3, 0.4) is 0 Å². The molecule has 9 nitrogen and oxygen atoms in total. The van der Waals surface area contributed by atoms with Gasteiger partial charge in [0.25, 0.3) is 15.2 Å². The lowest BCUT2D eigenvalue weighted by molar-refractivity contribution is 0.185. The van der Waals surface area contributed by atoms with E-state index in [1.807, 2.05) is 0 Å². The fourth-order valence-electron chi connectivity index (χ4n) is 1.51. The van der Waals surface area contributed by atoms with Gasteiger partial charge in [-0.1, -0.05) is 0 Å². The summed E-state index contributed by atoms with van der Waals surface area (Å²) in [4.78, 5) is 7.70. The zero-order chi connectivity index (χ0) is 13.9. The van der Waals surface area contributed by atoms with Gasteiger partial charge in [-0.15, -0.1) is 10.2 Å². The lowest BCUT2D eigenvalue weighted by atomic mass is 10.3. The minimum Gasteiger partial charge on any atom is -0.383 e. The Morgan fingerprint density at radius 3 is 2.58 bits per heavy atom. The second kappa shape index (κ2) is 5.38. The van der Waals surface area contributed by atoms with Crippen LogP contribution < -0.4 is 5.14 Å². The van der Waals surface area contributed by atoms with Crippen LogP contribution >= 0.6 is 0 Å². The largest absolute Gasteiger partial charge is 0.383 e. The summed E-state index contributed by atoms with van der Waals surface area (Å²) >= 11 is 0. The van der Waals surface area contributed by atoms with E-state index in [9.17, 15) is 8.42 Å². The number of hydrogen-bond acceptors (Lipinski definition) is 7. The van der Waals surface area contributed by atoms with Gasteiger partial charge in [-0.05, 0) is 0 Å². The summed E-state index contributed by atoms with van der Waals surface area (Å²) in [7, 11) is -2.45.